The minimum Gasteiger partial charge on any atom is -0.252 e. The quantitative estimate of drug-likeness (QED) is 0.757. The van der Waals surface area contributed by atoms with Crippen molar-refractivity contribution in [2.24, 2.45) is 0 Å². The summed E-state index contributed by atoms with van der Waals surface area (Å²) >= 11 is 11.9. The van der Waals surface area contributed by atoms with Gasteiger partial charge in [0.2, 0.25) is 0 Å². The highest BCUT2D eigenvalue weighted by Crippen LogP contribution is 2.22. The Morgan fingerprint density at radius 3 is 2.41 bits per heavy atom. The number of aromatic nitrogens is 2. The number of sulfone groups is 1. The molecule has 0 aliphatic heterocycles. The molecular formula is C10H16Cl2N2O2S. The normalized spacial score (nSPS) is 12.0. The van der Waals surface area contributed by atoms with Crippen LogP contribution in [0.15, 0.2) is 0 Å². The SMILES string of the molecule is CCc1nn(CCS(=O)(=O)CC)c(Cl)c1CCl. The van der Waals surface area contributed by atoms with Crippen molar-refractivity contribution in [3.8, 4) is 0 Å². The molecule has 0 aromatic carbocycles. The smallest absolute Gasteiger partial charge is 0.151 e. The van der Waals surface area contributed by atoms with Gasteiger partial charge in [-0.25, -0.2) is 8.42 Å². The Morgan fingerprint density at radius 2 is 2.00 bits per heavy atom. The van der Waals surface area contributed by atoms with Gasteiger partial charge in [0.1, 0.15) is 5.15 Å². The second kappa shape index (κ2) is 6.07. The maximum atomic E-state index is 11.4. The van der Waals surface area contributed by atoms with Crippen LogP contribution in [-0.4, -0.2) is 29.7 Å². The second-order valence-corrected chi connectivity index (χ2v) is 6.76. The van der Waals surface area contributed by atoms with E-state index in [1.54, 1.807) is 6.92 Å². The van der Waals surface area contributed by atoms with Gasteiger partial charge in [-0.1, -0.05) is 25.4 Å². The van der Waals surface area contributed by atoms with Crippen LogP contribution in [0, 0.1) is 0 Å². The largest absolute Gasteiger partial charge is 0.252 e. The van der Waals surface area contributed by atoms with E-state index in [2.05, 4.69) is 5.10 Å². The molecule has 17 heavy (non-hydrogen) atoms. The zero-order valence-electron chi connectivity index (χ0n) is 9.91. The van der Waals surface area contributed by atoms with Crippen LogP contribution >= 0.6 is 23.2 Å². The minimum absolute atomic E-state index is 0.0514. The summed E-state index contributed by atoms with van der Waals surface area (Å²) in [6.45, 7) is 3.86. The van der Waals surface area contributed by atoms with Crippen LogP contribution in [0.4, 0.5) is 0 Å². The third-order valence-corrected chi connectivity index (χ3v) is 4.96. The molecule has 1 aromatic rings. The van der Waals surface area contributed by atoms with Gasteiger partial charge >= 0.3 is 0 Å². The molecule has 0 aliphatic rings. The van der Waals surface area contributed by atoms with Gasteiger partial charge in [-0.15, -0.1) is 11.6 Å². The van der Waals surface area contributed by atoms with Crippen molar-refractivity contribution in [1.82, 2.24) is 9.78 Å². The molecule has 1 rings (SSSR count). The van der Waals surface area contributed by atoms with Gasteiger partial charge in [0, 0.05) is 11.3 Å². The van der Waals surface area contributed by atoms with Crippen LogP contribution in [0.25, 0.3) is 0 Å². The molecule has 0 amide bonds. The standard InChI is InChI=1S/C10H16Cl2N2O2S/c1-3-9-8(7-11)10(12)14(13-9)5-6-17(15,16)4-2/h3-7H2,1-2H3. The number of halogens is 2. The number of alkyl halides is 1. The molecule has 1 aromatic heterocycles. The van der Waals surface area contributed by atoms with Crippen LogP contribution in [0.1, 0.15) is 25.1 Å². The lowest BCUT2D eigenvalue weighted by atomic mass is 10.2. The van der Waals surface area contributed by atoms with Crippen molar-refractivity contribution in [2.45, 2.75) is 32.7 Å². The fraction of sp³-hybridized carbons (Fsp3) is 0.700. The van der Waals surface area contributed by atoms with E-state index in [-0.39, 0.29) is 18.1 Å². The Bertz CT molecular complexity index is 483. The van der Waals surface area contributed by atoms with E-state index in [1.165, 1.54) is 4.68 Å². The molecule has 0 N–H and O–H groups in total. The van der Waals surface area contributed by atoms with Gasteiger partial charge in [0.05, 0.1) is 23.9 Å². The Balaban J connectivity index is 2.89. The summed E-state index contributed by atoms with van der Waals surface area (Å²) in [7, 11) is -3.00. The number of nitrogens with zero attached hydrogens (tertiary/aromatic N) is 2. The summed E-state index contributed by atoms with van der Waals surface area (Å²) in [5.74, 6) is 0.479. The summed E-state index contributed by atoms with van der Waals surface area (Å²) in [5.41, 5.74) is 1.63. The van der Waals surface area contributed by atoms with Crippen molar-refractivity contribution < 1.29 is 8.42 Å². The minimum atomic E-state index is -3.00. The van der Waals surface area contributed by atoms with Gasteiger partial charge in [-0.05, 0) is 6.42 Å². The van der Waals surface area contributed by atoms with Crippen LogP contribution in [0.3, 0.4) is 0 Å². The van der Waals surface area contributed by atoms with Crippen molar-refractivity contribution in [2.75, 3.05) is 11.5 Å². The lowest BCUT2D eigenvalue weighted by molar-refractivity contribution is 0.580. The Labute approximate surface area is 112 Å². The van der Waals surface area contributed by atoms with Crippen molar-refractivity contribution in [1.29, 1.82) is 0 Å². The molecule has 0 saturated heterocycles. The number of rotatable bonds is 6. The average molecular weight is 299 g/mol. The first-order valence-electron chi connectivity index (χ1n) is 5.45. The predicted molar refractivity (Wildman–Crippen MR) is 70.5 cm³/mol. The van der Waals surface area contributed by atoms with Gasteiger partial charge < -0.3 is 0 Å². The number of aryl methyl sites for hydroxylation is 2. The van der Waals surface area contributed by atoms with Gasteiger partial charge in [-0.2, -0.15) is 5.10 Å². The van der Waals surface area contributed by atoms with E-state index in [0.29, 0.717) is 11.0 Å². The van der Waals surface area contributed by atoms with Crippen LogP contribution < -0.4 is 0 Å². The summed E-state index contributed by atoms with van der Waals surface area (Å²) < 4.78 is 24.3. The van der Waals surface area contributed by atoms with E-state index < -0.39 is 9.84 Å². The fourth-order valence-corrected chi connectivity index (χ4v) is 2.85. The molecule has 98 valence electrons. The molecule has 0 fully saturated rings. The molecule has 0 spiro atoms. The molecule has 1 heterocycles. The monoisotopic (exact) mass is 298 g/mol. The Hall–Kier alpha value is -0.260. The molecule has 0 saturated carbocycles. The van der Waals surface area contributed by atoms with E-state index in [1.807, 2.05) is 6.92 Å². The molecule has 7 heteroatoms. The second-order valence-electron chi connectivity index (χ2n) is 3.66. The average Bonchev–Trinajstić information content (AvgIpc) is 2.62. The maximum absolute atomic E-state index is 11.4. The van der Waals surface area contributed by atoms with E-state index >= 15 is 0 Å². The van der Waals surface area contributed by atoms with Crippen molar-refractivity contribution in [3.63, 3.8) is 0 Å². The van der Waals surface area contributed by atoms with Crippen molar-refractivity contribution >= 4 is 33.0 Å². The topological polar surface area (TPSA) is 52.0 Å². The highest BCUT2D eigenvalue weighted by atomic mass is 35.5. The van der Waals surface area contributed by atoms with E-state index in [9.17, 15) is 8.42 Å². The summed E-state index contributed by atoms with van der Waals surface area (Å²) in [4.78, 5) is 0. The third-order valence-electron chi connectivity index (χ3n) is 2.59. The maximum Gasteiger partial charge on any atom is 0.151 e. The zero-order valence-corrected chi connectivity index (χ0v) is 12.2. The molecule has 0 unspecified atom stereocenters. The Kier molecular flexibility index (Phi) is 5.28. The number of hydrogen-bond acceptors (Lipinski definition) is 3. The highest BCUT2D eigenvalue weighted by Gasteiger charge is 2.16. The molecular weight excluding hydrogens is 283 g/mol. The van der Waals surface area contributed by atoms with Gasteiger partial charge in [0.15, 0.2) is 9.84 Å². The first-order chi connectivity index (χ1) is 7.95. The number of hydrogen-bond donors (Lipinski definition) is 0. The van der Waals surface area contributed by atoms with E-state index in [0.717, 1.165) is 17.7 Å². The summed E-state index contributed by atoms with van der Waals surface area (Å²) in [6.07, 6.45) is 0.731. The lowest BCUT2D eigenvalue weighted by Gasteiger charge is -2.03. The van der Waals surface area contributed by atoms with Gasteiger partial charge in [-0.3, -0.25) is 4.68 Å². The zero-order chi connectivity index (χ0) is 13.1. The van der Waals surface area contributed by atoms with Crippen LogP contribution in [0.5, 0.6) is 0 Å². The van der Waals surface area contributed by atoms with Gasteiger partial charge in [0.25, 0.3) is 0 Å². The molecule has 0 aliphatic carbocycles. The molecule has 0 atom stereocenters. The third kappa shape index (κ3) is 3.60. The molecule has 4 nitrogen and oxygen atoms in total. The first kappa shape index (κ1) is 14.8. The lowest BCUT2D eigenvalue weighted by Crippen LogP contribution is -2.15. The predicted octanol–water partition coefficient (Wildman–Crippen LogP) is 2.27. The highest BCUT2D eigenvalue weighted by molar-refractivity contribution is 7.91. The molecule has 0 radical (unpaired) electrons. The van der Waals surface area contributed by atoms with Crippen LogP contribution in [0.2, 0.25) is 5.15 Å². The summed E-state index contributed by atoms with van der Waals surface area (Å²) in [5, 5.41) is 4.72. The summed E-state index contributed by atoms with van der Waals surface area (Å²) in [6, 6.07) is 0. The fourth-order valence-electron chi connectivity index (χ4n) is 1.46. The Morgan fingerprint density at radius 1 is 1.35 bits per heavy atom. The molecule has 0 bridgehead atoms. The van der Waals surface area contributed by atoms with E-state index in [4.69, 9.17) is 23.2 Å². The van der Waals surface area contributed by atoms with Crippen LogP contribution in [-0.2, 0) is 28.7 Å². The van der Waals surface area contributed by atoms with Crippen molar-refractivity contribution in [3.05, 3.63) is 16.4 Å². The first-order valence-corrected chi connectivity index (χ1v) is 8.19.